The number of nitrogens with one attached hydrogen (secondary N) is 3. The van der Waals surface area contributed by atoms with Gasteiger partial charge in [-0.2, -0.15) is 0 Å². The van der Waals surface area contributed by atoms with Crippen molar-refractivity contribution in [3.05, 3.63) is 65.1 Å². The highest BCUT2D eigenvalue weighted by Gasteiger charge is 2.14. The molecule has 2 rings (SSSR count). The lowest BCUT2D eigenvalue weighted by Crippen LogP contribution is -2.48. The molecule has 0 radical (unpaired) electrons. The van der Waals surface area contributed by atoms with E-state index in [9.17, 15) is 9.59 Å². The predicted molar refractivity (Wildman–Crippen MR) is 109 cm³/mol. The first-order valence-electron chi connectivity index (χ1n) is 8.41. The molecule has 1 aromatic heterocycles. The maximum atomic E-state index is 12.1. The van der Waals surface area contributed by atoms with Gasteiger partial charge in [-0.1, -0.05) is 32.9 Å². The first-order valence-corrected chi connectivity index (χ1v) is 8.82. The maximum absolute atomic E-state index is 12.1. The van der Waals surface area contributed by atoms with Crippen molar-refractivity contribution in [3.63, 3.8) is 0 Å². The van der Waals surface area contributed by atoms with Crippen molar-refractivity contribution in [2.75, 3.05) is 0 Å². The van der Waals surface area contributed by atoms with E-state index in [1.807, 2.05) is 19.1 Å². The molecular formula is C20H23N3O3S. The van der Waals surface area contributed by atoms with Gasteiger partial charge in [0.1, 0.15) is 11.5 Å². The highest BCUT2D eigenvalue weighted by Crippen LogP contribution is 2.22. The molecule has 0 saturated heterocycles. The molecule has 0 aliphatic rings. The molecule has 6 nitrogen and oxygen atoms in total. The van der Waals surface area contributed by atoms with E-state index in [-0.39, 0.29) is 16.4 Å². The fourth-order valence-electron chi connectivity index (χ4n) is 2.19. The van der Waals surface area contributed by atoms with Crippen molar-refractivity contribution in [3.8, 4) is 0 Å². The Labute approximate surface area is 164 Å². The first-order chi connectivity index (χ1) is 12.6. The summed E-state index contributed by atoms with van der Waals surface area (Å²) < 4.78 is 5.32. The standard InChI is InChI=1S/C20H23N3O3S/c1-13-5-10-16(26-13)11-12-17(24)21-19(27)23-22-18(25)14-6-8-15(9-7-14)20(2,3)4/h5-12H,1-4H3,(H,22,25)(H2,21,23,24,27). The summed E-state index contributed by atoms with van der Waals surface area (Å²) in [7, 11) is 0. The van der Waals surface area contributed by atoms with Crippen LogP contribution in [0.1, 0.15) is 48.2 Å². The lowest BCUT2D eigenvalue weighted by Gasteiger charge is -2.19. The van der Waals surface area contributed by atoms with Gasteiger partial charge in [-0.05, 0) is 60.5 Å². The molecule has 0 saturated carbocycles. The van der Waals surface area contributed by atoms with Crippen LogP contribution < -0.4 is 16.2 Å². The number of rotatable bonds is 3. The van der Waals surface area contributed by atoms with E-state index in [1.54, 1.807) is 24.3 Å². The molecule has 2 aromatic rings. The van der Waals surface area contributed by atoms with Crippen LogP contribution in [0.3, 0.4) is 0 Å². The number of carbonyl (C=O) groups excluding carboxylic acids is 2. The fraction of sp³-hybridized carbons (Fsp3) is 0.250. The van der Waals surface area contributed by atoms with Gasteiger partial charge < -0.3 is 4.42 Å². The highest BCUT2D eigenvalue weighted by molar-refractivity contribution is 7.80. The summed E-state index contributed by atoms with van der Waals surface area (Å²) in [6, 6.07) is 10.9. The van der Waals surface area contributed by atoms with Crippen LogP contribution in [0, 0.1) is 6.92 Å². The number of hydrogen-bond acceptors (Lipinski definition) is 4. The van der Waals surface area contributed by atoms with Crippen LogP contribution in [0.25, 0.3) is 6.08 Å². The summed E-state index contributed by atoms with van der Waals surface area (Å²) >= 11 is 4.99. The molecule has 0 unspecified atom stereocenters. The van der Waals surface area contributed by atoms with Gasteiger partial charge in [0, 0.05) is 11.6 Å². The van der Waals surface area contributed by atoms with Crippen LogP contribution >= 0.6 is 12.2 Å². The highest BCUT2D eigenvalue weighted by atomic mass is 32.1. The summed E-state index contributed by atoms with van der Waals surface area (Å²) in [6.45, 7) is 8.13. The van der Waals surface area contributed by atoms with Crippen molar-refractivity contribution in [2.24, 2.45) is 0 Å². The lowest BCUT2D eigenvalue weighted by atomic mass is 9.87. The molecule has 142 valence electrons. The van der Waals surface area contributed by atoms with Gasteiger partial charge >= 0.3 is 0 Å². The largest absolute Gasteiger partial charge is 0.462 e. The summed E-state index contributed by atoms with van der Waals surface area (Å²) in [5, 5.41) is 2.42. The summed E-state index contributed by atoms with van der Waals surface area (Å²) in [4.78, 5) is 23.9. The third-order valence-electron chi connectivity index (χ3n) is 3.70. The van der Waals surface area contributed by atoms with Gasteiger partial charge in [-0.25, -0.2) is 0 Å². The van der Waals surface area contributed by atoms with Crippen molar-refractivity contribution < 1.29 is 14.0 Å². The minimum absolute atomic E-state index is 0.0139. The molecule has 27 heavy (non-hydrogen) atoms. The number of hydrazine groups is 1. The van der Waals surface area contributed by atoms with Gasteiger partial charge in [0.05, 0.1) is 0 Å². The van der Waals surface area contributed by atoms with E-state index in [1.165, 1.54) is 12.2 Å². The normalized spacial score (nSPS) is 11.3. The van der Waals surface area contributed by atoms with E-state index >= 15 is 0 Å². The van der Waals surface area contributed by atoms with Gasteiger partial charge in [-0.15, -0.1) is 0 Å². The minimum Gasteiger partial charge on any atom is -0.462 e. The number of aryl methyl sites for hydroxylation is 1. The second-order valence-electron chi connectivity index (χ2n) is 7.01. The van der Waals surface area contributed by atoms with Gasteiger partial charge in [0.15, 0.2) is 5.11 Å². The summed E-state index contributed by atoms with van der Waals surface area (Å²) in [5.41, 5.74) is 6.59. The van der Waals surface area contributed by atoms with E-state index in [2.05, 4.69) is 36.9 Å². The van der Waals surface area contributed by atoms with Crippen molar-refractivity contribution in [1.82, 2.24) is 16.2 Å². The quantitative estimate of drug-likeness (QED) is 0.429. The van der Waals surface area contributed by atoms with Crippen molar-refractivity contribution in [2.45, 2.75) is 33.1 Å². The Morgan fingerprint density at radius 1 is 1.04 bits per heavy atom. The van der Waals surface area contributed by atoms with Crippen LogP contribution in [0.2, 0.25) is 0 Å². The molecule has 0 atom stereocenters. The smallest absolute Gasteiger partial charge is 0.269 e. The van der Waals surface area contributed by atoms with Crippen LogP contribution in [0.15, 0.2) is 46.9 Å². The average Bonchev–Trinajstić information content (AvgIpc) is 3.02. The zero-order valence-corrected chi connectivity index (χ0v) is 16.6. The molecule has 7 heteroatoms. The molecule has 0 aliphatic heterocycles. The third-order valence-corrected chi connectivity index (χ3v) is 3.90. The van der Waals surface area contributed by atoms with Crippen LogP contribution in [-0.2, 0) is 10.2 Å². The summed E-state index contributed by atoms with van der Waals surface area (Å²) in [6.07, 6.45) is 2.82. The van der Waals surface area contributed by atoms with E-state index in [0.717, 1.165) is 11.3 Å². The SMILES string of the molecule is Cc1ccc(C=CC(=O)NC(=S)NNC(=O)c2ccc(C(C)(C)C)cc2)o1. The number of amides is 2. The topological polar surface area (TPSA) is 83.4 Å². The second kappa shape index (κ2) is 8.64. The number of thiocarbonyl (C=S) groups is 1. The fourth-order valence-corrected chi connectivity index (χ4v) is 2.34. The molecular weight excluding hydrogens is 362 g/mol. The molecule has 2 amide bonds. The average molecular weight is 385 g/mol. The Bertz CT molecular complexity index is 861. The Hall–Kier alpha value is -2.93. The van der Waals surface area contributed by atoms with Crippen LogP contribution in [0.5, 0.6) is 0 Å². The van der Waals surface area contributed by atoms with Crippen molar-refractivity contribution in [1.29, 1.82) is 0 Å². The predicted octanol–water partition coefficient (Wildman–Crippen LogP) is 3.23. The molecule has 1 heterocycles. The first kappa shape index (κ1) is 20.4. The molecule has 0 spiro atoms. The molecule has 3 N–H and O–H groups in total. The maximum Gasteiger partial charge on any atom is 0.269 e. The van der Waals surface area contributed by atoms with Crippen LogP contribution in [-0.4, -0.2) is 16.9 Å². The van der Waals surface area contributed by atoms with E-state index < -0.39 is 5.91 Å². The monoisotopic (exact) mass is 385 g/mol. The number of hydrogen-bond donors (Lipinski definition) is 3. The molecule has 0 fully saturated rings. The summed E-state index contributed by atoms with van der Waals surface area (Å²) in [5.74, 6) is 0.526. The van der Waals surface area contributed by atoms with E-state index in [4.69, 9.17) is 16.6 Å². The Morgan fingerprint density at radius 3 is 2.26 bits per heavy atom. The van der Waals surface area contributed by atoms with E-state index in [0.29, 0.717) is 11.3 Å². The Morgan fingerprint density at radius 2 is 1.70 bits per heavy atom. The second-order valence-corrected chi connectivity index (χ2v) is 7.41. The number of furan rings is 1. The molecule has 1 aromatic carbocycles. The zero-order chi connectivity index (χ0) is 20.0. The van der Waals surface area contributed by atoms with Crippen molar-refractivity contribution >= 4 is 35.2 Å². The van der Waals surface area contributed by atoms with Gasteiger partial charge in [0.25, 0.3) is 5.91 Å². The Balaban J connectivity index is 1.81. The van der Waals surface area contributed by atoms with Gasteiger partial charge in [0.2, 0.25) is 5.91 Å². The third kappa shape index (κ3) is 6.38. The zero-order valence-electron chi connectivity index (χ0n) is 15.8. The Kier molecular flexibility index (Phi) is 6.52. The number of benzene rings is 1. The number of carbonyl (C=O) groups is 2. The minimum atomic E-state index is -0.440. The van der Waals surface area contributed by atoms with Crippen LogP contribution in [0.4, 0.5) is 0 Å². The lowest BCUT2D eigenvalue weighted by molar-refractivity contribution is -0.115. The molecule has 0 bridgehead atoms. The van der Waals surface area contributed by atoms with Gasteiger partial charge in [-0.3, -0.25) is 25.8 Å². The molecule has 0 aliphatic carbocycles.